The van der Waals surface area contributed by atoms with Crippen molar-refractivity contribution in [3.63, 3.8) is 0 Å². The SMILES string of the molecule is CCOC(=O)CCNc1nccn2c(C)nnc12. The van der Waals surface area contributed by atoms with Gasteiger partial charge in [0.2, 0.25) is 5.65 Å². The third-order valence-corrected chi connectivity index (χ3v) is 2.42. The molecule has 0 aliphatic rings. The van der Waals surface area contributed by atoms with E-state index in [4.69, 9.17) is 4.74 Å². The fourth-order valence-electron chi connectivity index (χ4n) is 1.58. The lowest BCUT2D eigenvalue weighted by Crippen LogP contribution is -2.12. The number of hydrogen-bond donors (Lipinski definition) is 1. The van der Waals surface area contributed by atoms with Crippen LogP contribution in [0.3, 0.4) is 0 Å². The number of hydrogen-bond acceptors (Lipinski definition) is 6. The second-order valence-corrected chi connectivity index (χ2v) is 3.70. The van der Waals surface area contributed by atoms with Gasteiger partial charge in [-0.1, -0.05) is 0 Å². The Bertz CT molecular complexity index is 551. The number of aromatic nitrogens is 4. The number of rotatable bonds is 5. The van der Waals surface area contributed by atoms with Gasteiger partial charge in [-0.2, -0.15) is 0 Å². The fourth-order valence-corrected chi connectivity index (χ4v) is 1.58. The van der Waals surface area contributed by atoms with E-state index in [1.165, 1.54) is 0 Å². The zero-order valence-electron chi connectivity index (χ0n) is 10.4. The van der Waals surface area contributed by atoms with Crippen molar-refractivity contribution in [2.75, 3.05) is 18.5 Å². The van der Waals surface area contributed by atoms with Crippen LogP contribution >= 0.6 is 0 Å². The number of nitrogens with zero attached hydrogens (tertiary/aromatic N) is 4. The number of aryl methyl sites for hydroxylation is 1. The molecular formula is C11H15N5O2. The monoisotopic (exact) mass is 249 g/mol. The highest BCUT2D eigenvalue weighted by Gasteiger charge is 2.08. The molecule has 0 atom stereocenters. The van der Waals surface area contributed by atoms with Crippen molar-refractivity contribution in [1.82, 2.24) is 19.6 Å². The van der Waals surface area contributed by atoms with Crippen molar-refractivity contribution in [2.45, 2.75) is 20.3 Å². The third kappa shape index (κ3) is 2.55. The van der Waals surface area contributed by atoms with Gasteiger partial charge in [-0.05, 0) is 13.8 Å². The second kappa shape index (κ2) is 5.44. The van der Waals surface area contributed by atoms with Crippen molar-refractivity contribution < 1.29 is 9.53 Å². The van der Waals surface area contributed by atoms with E-state index in [1.54, 1.807) is 19.3 Å². The summed E-state index contributed by atoms with van der Waals surface area (Å²) in [7, 11) is 0. The molecule has 96 valence electrons. The average Bonchev–Trinajstić information content (AvgIpc) is 2.73. The summed E-state index contributed by atoms with van der Waals surface area (Å²) in [5.74, 6) is 1.18. The molecule has 0 saturated heterocycles. The molecule has 0 amide bonds. The molecule has 7 heteroatoms. The highest BCUT2D eigenvalue weighted by molar-refractivity contribution is 5.70. The number of carbonyl (C=O) groups is 1. The van der Waals surface area contributed by atoms with Crippen LogP contribution in [0.15, 0.2) is 12.4 Å². The van der Waals surface area contributed by atoms with Crippen LogP contribution in [0.1, 0.15) is 19.2 Å². The molecule has 2 aromatic heterocycles. The van der Waals surface area contributed by atoms with Gasteiger partial charge in [-0.15, -0.1) is 10.2 Å². The van der Waals surface area contributed by atoms with Crippen LogP contribution in [-0.2, 0) is 9.53 Å². The average molecular weight is 249 g/mol. The number of fused-ring (bicyclic) bond motifs is 1. The minimum atomic E-state index is -0.227. The first-order valence-electron chi connectivity index (χ1n) is 5.78. The molecule has 7 nitrogen and oxygen atoms in total. The molecule has 0 aromatic carbocycles. The first-order chi connectivity index (χ1) is 8.72. The van der Waals surface area contributed by atoms with Crippen molar-refractivity contribution in [3.05, 3.63) is 18.2 Å². The summed E-state index contributed by atoms with van der Waals surface area (Å²) in [5.41, 5.74) is 0.652. The summed E-state index contributed by atoms with van der Waals surface area (Å²) in [6.45, 7) is 4.50. The summed E-state index contributed by atoms with van der Waals surface area (Å²) < 4.78 is 6.67. The Kier molecular flexibility index (Phi) is 3.71. The first kappa shape index (κ1) is 12.3. The topological polar surface area (TPSA) is 81.4 Å². The summed E-state index contributed by atoms with van der Waals surface area (Å²) in [5, 5.41) is 11.0. The van der Waals surface area contributed by atoms with E-state index in [2.05, 4.69) is 20.5 Å². The van der Waals surface area contributed by atoms with Crippen LogP contribution < -0.4 is 5.32 Å². The van der Waals surface area contributed by atoms with Gasteiger partial charge in [-0.3, -0.25) is 9.20 Å². The van der Waals surface area contributed by atoms with Crippen molar-refractivity contribution in [3.8, 4) is 0 Å². The lowest BCUT2D eigenvalue weighted by molar-refractivity contribution is -0.142. The van der Waals surface area contributed by atoms with Gasteiger partial charge in [0, 0.05) is 18.9 Å². The lowest BCUT2D eigenvalue weighted by atomic mass is 10.4. The van der Waals surface area contributed by atoms with E-state index in [1.807, 2.05) is 11.3 Å². The van der Waals surface area contributed by atoms with Crippen molar-refractivity contribution >= 4 is 17.4 Å². The maximum absolute atomic E-state index is 11.2. The van der Waals surface area contributed by atoms with E-state index in [-0.39, 0.29) is 5.97 Å². The smallest absolute Gasteiger partial charge is 0.307 e. The molecular weight excluding hydrogens is 234 g/mol. The van der Waals surface area contributed by atoms with Crippen LogP contribution in [0.25, 0.3) is 5.65 Å². The second-order valence-electron chi connectivity index (χ2n) is 3.70. The van der Waals surface area contributed by atoms with Crippen molar-refractivity contribution in [1.29, 1.82) is 0 Å². The van der Waals surface area contributed by atoms with Crippen LogP contribution in [0, 0.1) is 6.92 Å². The number of carbonyl (C=O) groups excluding carboxylic acids is 1. The predicted molar refractivity (Wildman–Crippen MR) is 65.3 cm³/mol. The van der Waals surface area contributed by atoms with Crippen molar-refractivity contribution in [2.24, 2.45) is 0 Å². The largest absolute Gasteiger partial charge is 0.466 e. The normalized spacial score (nSPS) is 10.6. The Labute approximate surface area is 104 Å². The Morgan fingerprint density at radius 1 is 1.50 bits per heavy atom. The summed E-state index contributed by atoms with van der Waals surface area (Å²) >= 11 is 0. The van der Waals surface area contributed by atoms with E-state index in [0.717, 1.165) is 5.82 Å². The van der Waals surface area contributed by atoms with Gasteiger partial charge in [0.05, 0.1) is 13.0 Å². The van der Waals surface area contributed by atoms with E-state index >= 15 is 0 Å². The highest BCUT2D eigenvalue weighted by atomic mass is 16.5. The molecule has 0 spiro atoms. The van der Waals surface area contributed by atoms with Gasteiger partial charge in [0.15, 0.2) is 5.82 Å². The Hall–Kier alpha value is -2.18. The Morgan fingerprint density at radius 3 is 3.11 bits per heavy atom. The molecule has 0 saturated carbocycles. The molecule has 1 N–H and O–H groups in total. The van der Waals surface area contributed by atoms with Crippen LogP contribution in [-0.4, -0.2) is 38.7 Å². The van der Waals surface area contributed by atoms with E-state index < -0.39 is 0 Å². The van der Waals surface area contributed by atoms with Gasteiger partial charge < -0.3 is 10.1 Å². The molecule has 0 bridgehead atoms. The third-order valence-electron chi connectivity index (χ3n) is 2.42. The zero-order valence-corrected chi connectivity index (χ0v) is 10.4. The van der Waals surface area contributed by atoms with Gasteiger partial charge in [0.25, 0.3) is 0 Å². The first-order valence-corrected chi connectivity index (χ1v) is 5.78. The molecule has 2 rings (SSSR count). The minimum absolute atomic E-state index is 0.227. The molecule has 0 fully saturated rings. The van der Waals surface area contributed by atoms with Crippen LogP contribution in [0.2, 0.25) is 0 Å². The summed E-state index contributed by atoms with van der Waals surface area (Å²) in [6, 6.07) is 0. The predicted octanol–water partition coefficient (Wildman–Crippen LogP) is 0.798. The quantitative estimate of drug-likeness (QED) is 0.789. The summed E-state index contributed by atoms with van der Waals surface area (Å²) in [4.78, 5) is 15.4. The number of esters is 1. The highest BCUT2D eigenvalue weighted by Crippen LogP contribution is 2.11. The van der Waals surface area contributed by atoms with Gasteiger partial charge >= 0.3 is 5.97 Å². The number of nitrogens with one attached hydrogen (secondary N) is 1. The number of ether oxygens (including phenoxy) is 1. The standard InChI is InChI=1S/C11H15N5O2/c1-3-18-9(17)4-5-12-10-11-15-14-8(2)16(11)7-6-13-10/h6-7H,3-5H2,1-2H3,(H,12,13). The number of anilines is 1. The fraction of sp³-hybridized carbons (Fsp3) is 0.455. The molecule has 0 aliphatic carbocycles. The molecule has 2 heterocycles. The molecule has 0 radical (unpaired) electrons. The lowest BCUT2D eigenvalue weighted by Gasteiger charge is -2.06. The van der Waals surface area contributed by atoms with Crippen LogP contribution in [0.5, 0.6) is 0 Å². The maximum Gasteiger partial charge on any atom is 0.307 e. The molecule has 0 aliphatic heterocycles. The van der Waals surface area contributed by atoms with Crippen LogP contribution in [0.4, 0.5) is 5.82 Å². The van der Waals surface area contributed by atoms with E-state index in [0.29, 0.717) is 31.0 Å². The zero-order chi connectivity index (χ0) is 13.0. The molecule has 2 aromatic rings. The maximum atomic E-state index is 11.2. The van der Waals surface area contributed by atoms with Gasteiger partial charge in [0.1, 0.15) is 5.82 Å². The Balaban J connectivity index is 2.01. The summed E-state index contributed by atoms with van der Waals surface area (Å²) in [6.07, 6.45) is 3.75. The van der Waals surface area contributed by atoms with Gasteiger partial charge in [-0.25, -0.2) is 4.98 Å². The molecule has 18 heavy (non-hydrogen) atoms. The molecule has 0 unspecified atom stereocenters. The Morgan fingerprint density at radius 2 is 2.33 bits per heavy atom. The van der Waals surface area contributed by atoms with E-state index in [9.17, 15) is 4.79 Å². The minimum Gasteiger partial charge on any atom is -0.466 e.